The van der Waals surface area contributed by atoms with Gasteiger partial charge in [0.25, 0.3) is 0 Å². The summed E-state index contributed by atoms with van der Waals surface area (Å²) in [6, 6.07) is 6.77. The van der Waals surface area contributed by atoms with Gasteiger partial charge in [0.15, 0.2) is 5.12 Å². The minimum absolute atomic E-state index is 0.0509. The van der Waals surface area contributed by atoms with Crippen LogP contribution >= 0.6 is 11.8 Å². The lowest BCUT2D eigenvalue weighted by Gasteiger charge is -2.17. The number of hydrogen-bond acceptors (Lipinski definition) is 5. The van der Waals surface area contributed by atoms with Crippen LogP contribution in [0.25, 0.3) is 0 Å². The third-order valence-electron chi connectivity index (χ3n) is 3.33. The molecule has 5 nitrogen and oxygen atoms in total. The number of nitrogens with zero attached hydrogens (tertiary/aromatic N) is 1. The number of carbonyl (C=O) groups excluding carboxylic acids is 3. The lowest BCUT2D eigenvalue weighted by Crippen LogP contribution is -2.24. The SMILES string of the molecule is COC(=O)c1ccc(N2CC(CSC(C)=O)CC2=O)cc1. The van der Waals surface area contributed by atoms with Crippen LogP contribution in [0.4, 0.5) is 5.69 Å². The van der Waals surface area contributed by atoms with Crippen molar-refractivity contribution in [2.75, 3.05) is 24.3 Å². The second-order valence-electron chi connectivity index (χ2n) is 4.92. The molecule has 1 heterocycles. The van der Waals surface area contributed by atoms with Gasteiger partial charge in [-0.2, -0.15) is 0 Å². The van der Waals surface area contributed by atoms with Crippen molar-refractivity contribution >= 4 is 34.4 Å². The Morgan fingerprint density at radius 2 is 2.00 bits per heavy atom. The van der Waals surface area contributed by atoms with E-state index in [0.717, 1.165) is 5.69 Å². The summed E-state index contributed by atoms with van der Waals surface area (Å²) in [4.78, 5) is 36.1. The topological polar surface area (TPSA) is 63.7 Å². The lowest BCUT2D eigenvalue weighted by molar-refractivity contribution is -0.117. The maximum atomic E-state index is 12.0. The molecule has 0 aliphatic carbocycles. The monoisotopic (exact) mass is 307 g/mol. The molecule has 1 aromatic rings. The van der Waals surface area contributed by atoms with Crippen molar-refractivity contribution in [3.63, 3.8) is 0 Å². The molecule has 1 fully saturated rings. The number of methoxy groups -OCH3 is 1. The van der Waals surface area contributed by atoms with Crippen LogP contribution in [0.15, 0.2) is 24.3 Å². The van der Waals surface area contributed by atoms with Crippen LogP contribution in [0, 0.1) is 5.92 Å². The Labute approximate surface area is 127 Å². The van der Waals surface area contributed by atoms with E-state index < -0.39 is 5.97 Å². The number of benzene rings is 1. The van der Waals surface area contributed by atoms with Gasteiger partial charge in [-0.05, 0) is 30.2 Å². The molecule has 1 amide bonds. The van der Waals surface area contributed by atoms with Crippen molar-refractivity contribution in [2.24, 2.45) is 5.92 Å². The van der Waals surface area contributed by atoms with E-state index in [9.17, 15) is 14.4 Å². The number of rotatable bonds is 4. The normalized spacial score (nSPS) is 17.9. The number of carbonyl (C=O) groups is 3. The smallest absolute Gasteiger partial charge is 0.337 e. The highest BCUT2D eigenvalue weighted by Gasteiger charge is 2.30. The Morgan fingerprint density at radius 3 is 2.57 bits per heavy atom. The van der Waals surface area contributed by atoms with Gasteiger partial charge < -0.3 is 9.64 Å². The van der Waals surface area contributed by atoms with E-state index in [2.05, 4.69) is 4.74 Å². The second kappa shape index (κ2) is 6.76. The van der Waals surface area contributed by atoms with Gasteiger partial charge >= 0.3 is 5.97 Å². The van der Waals surface area contributed by atoms with Crippen LogP contribution in [0.1, 0.15) is 23.7 Å². The summed E-state index contributed by atoms with van der Waals surface area (Å²) in [5.74, 6) is 0.504. The second-order valence-corrected chi connectivity index (χ2v) is 6.11. The van der Waals surface area contributed by atoms with Crippen molar-refractivity contribution in [3.8, 4) is 0 Å². The average Bonchev–Trinajstić information content (AvgIpc) is 2.85. The molecule has 1 aromatic carbocycles. The first-order chi connectivity index (χ1) is 10.0. The number of amides is 1. The summed E-state index contributed by atoms with van der Waals surface area (Å²) in [6.07, 6.45) is 0.457. The first-order valence-corrected chi connectivity index (χ1v) is 7.62. The molecular formula is C15H17NO4S. The van der Waals surface area contributed by atoms with E-state index in [0.29, 0.717) is 24.3 Å². The number of thioether (sulfide) groups is 1. The summed E-state index contributed by atoms with van der Waals surface area (Å²) in [5, 5.41) is 0.0725. The number of hydrogen-bond donors (Lipinski definition) is 0. The Balaban J connectivity index is 2.03. The molecule has 0 N–H and O–H groups in total. The number of ether oxygens (including phenoxy) is 1. The molecule has 0 spiro atoms. The van der Waals surface area contributed by atoms with E-state index in [1.54, 1.807) is 29.2 Å². The van der Waals surface area contributed by atoms with Crippen molar-refractivity contribution in [3.05, 3.63) is 29.8 Å². The van der Waals surface area contributed by atoms with Crippen LogP contribution in [-0.2, 0) is 14.3 Å². The fourth-order valence-corrected chi connectivity index (χ4v) is 2.97. The Morgan fingerprint density at radius 1 is 1.33 bits per heavy atom. The third-order valence-corrected chi connectivity index (χ3v) is 4.37. The minimum atomic E-state index is -0.398. The molecule has 1 atom stereocenters. The van der Waals surface area contributed by atoms with Gasteiger partial charge in [-0.3, -0.25) is 9.59 Å². The highest BCUT2D eigenvalue weighted by molar-refractivity contribution is 8.13. The highest BCUT2D eigenvalue weighted by atomic mass is 32.2. The van der Waals surface area contributed by atoms with Gasteiger partial charge in [0.1, 0.15) is 0 Å². The number of anilines is 1. The van der Waals surface area contributed by atoms with Gasteiger partial charge in [0.05, 0.1) is 12.7 Å². The van der Waals surface area contributed by atoms with Crippen molar-refractivity contribution in [1.29, 1.82) is 0 Å². The summed E-state index contributed by atoms with van der Waals surface area (Å²) in [6.45, 7) is 2.14. The van der Waals surface area contributed by atoms with E-state index in [-0.39, 0.29) is 16.9 Å². The van der Waals surface area contributed by atoms with Crippen LogP contribution in [0.5, 0.6) is 0 Å². The number of esters is 1. The average molecular weight is 307 g/mol. The molecule has 1 saturated heterocycles. The zero-order chi connectivity index (χ0) is 15.4. The molecule has 6 heteroatoms. The molecule has 2 rings (SSSR count). The standard InChI is InChI=1S/C15H17NO4S/c1-10(17)21-9-11-7-14(18)16(8-11)13-5-3-12(4-6-13)15(19)20-2/h3-6,11H,7-9H2,1-2H3. The van der Waals surface area contributed by atoms with Crippen molar-refractivity contribution in [1.82, 2.24) is 0 Å². The van der Waals surface area contributed by atoms with Crippen LogP contribution in [0.3, 0.4) is 0 Å². The van der Waals surface area contributed by atoms with E-state index in [1.807, 2.05) is 0 Å². The molecule has 0 bridgehead atoms. The quantitative estimate of drug-likeness (QED) is 0.797. The summed E-state index contributed by atoms with van der Waals surface area (Å²) in [7, 11) is 1.33. The fraction of sp³-hybridized carbons (Fsp3) is 0.400. The van der Waals surface area contributed by atoms with Gasteiger partial charge in [0.2, 0.25) is 5.91 Å². The molecule has 0 saturated carbocycles. The van der Waals surface area contributed by atoms with Crippen molar-refractivity contribution < 1.29 is 19.1 Å². The third kappa shape index (κ3) is 3.85. The zero-order valence-electron chi connectivity index (χ0n) is 12.0. The Bertz CT molecular complexity index is 555. The predicted octanol–water partition coefficient (Wildman–Crippen LogP) is 2.11. The molecular weight excluding hydrogens is 290 g/mol. The van der Waals surface area contributed by atoms with Crippen LogP contribution in [0.2, 0.25) is 0 Å². The van der Waals surface area contributed by atoms with Gasteiger partial charge in [-0.1, -0.05) is 11.8 Å². The Kier molecular flexibility index (Phi) is 5.01. The molecule has 0 aromatic heterocycles. The summed E-state index contributed by atoms with van der Waals surface area (Å²) >= 11 is 1.26. The molecule has 1 unspecified atom stereocenters. The fourth-order valence-electron chi connectivity index (χ4n) is 2.27. The van der Waals surface area contributed by atoms with Gasteiger partial charge in [-0.15, -0.1) is 0 Å². The largest absolute Gasteiger partial charge is 0.465 e. The molecule has 1 aliphatic heterocycles. The van der Waals surface area contributed by atoms with Crippen LogP contribution < -0.4 is 4.90 Å². The molecule has 1 aliphatic rings. The van der Waals surface area contributed by atoms with E-state index >= 15 is 0 Å². The molecule has 21 heavy (non-hydrogen) atoms. The zero-order valence-corrected chi connectivity index (χ0v) is 12.8. The molecule has 0 radical (unpaired) electrons. The van der Waals surface area contributed by atoms with Crippen molar-refractivity contribution in [2.45, 2.75) is 13.3 Å². The van der Waals surface area contributed by atoms with Gasteiger partial charge in [-0.25, -0.2) is 4.79 Å². The van der Waals surface area contributed by atoms with E-state index in [4.69, 9.17) is 0 Å². The predicted molar refractivity (Wildman–Crippen MR) is 81.4 cm³/mol. The first kappa shape index (κ1) is 15.6. The highest BCUT2D eigenvalue weighted by Crippen LogP contribution is 2.27. The lowest BCUT2D eigenvalue weighted by atomic mass is 10.1. The minimum Gasteiger partial charge on any atom is -0.465 e. The maximum absolute atomic E-state index is 12.0. The molecule has 112 valence electrons. The maximum Gasteiger partial charge on any atom is 0.337 e. The summed E-state index contributed by atoms with van der Waals surface area (Å²) in [5.41, 5.74) is 1.22. The van der Waals surface area contributed by atoms with E-state index in [1.165, 1.54) is 25.8 Å². The van der Waals surface area contributed by atoms with Gasteiger partial charge in [0, 0.05) is 31.3 Å². The van der Waals surface area contributed by atoms with Crippen LogP contribution in [-0.4, -0.2) is 36.4 Å². The first-order valence-electron chi connectivity index (χ1n) is 6.63. The Hall–Kier alpha value is -1.82. The summed E-state index contributed by atoms with van der Waals surface area (Å²) < 4.78 is 4.64.